The van der Waals surface area contributed by atoms with Crippen molar-refractivity contribution in [1.82, 2.24) is 9.78 Å². The van der Waals surface area contributed by atoms with Crippen molar-refractivity contribution in [2.24, 2.45) is 11.7 Å². The number of nitrogens with two attached hydrogens (primary N) is 1. The van der Waals surface area contributed by atoms with Crippen LogP contribution in [0.1, 0.15) is 45.3 Å². The molecule has 0 bridgehead atoms. The summed E-state index contributed by atoms with van der Waals surface area (Å²) in [4.78, 5) is 0. The second kappa shape index (κ2) is 5.66. The molecule has 3 nitrogen and oxygen atoms in total. The first kappa shape index (κ1) is 12.7. The van der Waals surface area contributed by atoms with Gasteiger partial charge in [-0.05, 0) is 41.6 Å². The molecule has 0 aliphatic rings. The molecule has 0 saturated heterocycles. The number of halogens is 1. The smallest absolute Gasteiger partial charge is 0.0693 e. The zero-order valence-corrected chi connectivity index (χ0v) is 11.3. The predicted octanol–water partition coefficient (Wildman–Crippen LogP) is 3.10. The highest BCUT2D eigenvalue weighted by molar-refractivity contribution is 9.10. The molecule has 0 aromatic carbocycles. The lowest BCUT2D eigenvalue weighted by atomic mass is 10.0. The van der Waals surface area contributed by atoms with E-state index in [1.165, 1.54) is 0 Å². The van der Waals surface area contributed by atoms with Crippen LogP contribution in [0.5, 0.6) is 0 Å². The normalized spacial score (nSPS) is 13.5. The lowest BCUT2D eigenvalue weighted by Crippen LogP contribution is -2.17. The lowest BCUT2D eigenvalue weighted by Gasteiger charge is -2.15. The van der Waals surface area contributed by atoms with Crippen LogP contribution in [0.4, 0.5) is 0 Å². The minimum atomic E-state index is 0.0872. The summed E-state index contributed by atoms with van der Waals surface area (Å²) in [5.41, 5.74) is 7.30. The summed E-state index contributed by atoms with van der Waals surface area (Å²) < 4.78 is 3.00. The van der Waals surface area contributed by atoms with Crippen molar-refractivity contribution in [2.45, 2.75) is 46.2 Å². The van der Waals surface area contributed by atoms with E-state index < -0.39 is 0 Å². The molecule has 0 aliphatic heterocycles. The van der Waals surface area contributed by atoms with Gasteiger partial charge in [0.25, 0.3) is 0 Å². The molecule has 15 heavy (non-hydrogen) atoms. The van der Waals surface area contributed by atoms with Crippen LogP contribution in [-0.4, -0.2) is 9.78 Å². The van der Waals surface area contributed by atoms with Crippen molar-refractivity contribution in [1.29, 1.82) is 0 Å². The van der Waals surface area contributed by atoms with E-state index >= 15 is 0 Å². The molecule has 1 heterocycles. The summed E-state index contributed by atoms with van der Waals surface area (Å²) in [7, 11) is 0. The molecule has 2 N–H and O–H groups in total. The number of hydrogen-bond donors (Lipinski definition) is 1. The highest BCUT2D eigenvalue weighted by Gasteiger charge is 2.15. The second-order valence-electron chi connectivity index (χ2n) is 4.27. The van der Waals surface area contributed by atoms with Gasteiger partial charge in [-0.25, -0.2) is 0 Å². The summed E-state index contributed by atoms with van der Waals surface area (Å²) in [6.45, 7) is 7.40. The molecule has 4 heteroatoms. The molecule has 0 spiro atoms. The van der Waals surface area contributed by atoms with Gasteiger partial charge < -0.3 is 5.73 Å². The average molecular weight is 274 g/mol. The van der Waals surface area contributed by atoms with E-state index in [9.17, 15) is 0 Å². The van der Waals surface area contributed by atoms with Gasteiger partial charge in [0.15, 0.2) is 0 Å². The molecule has 0 fully saturated rings. The van der Waals surface area contributed by atoms with Gasteiger partial charge in [0.2, 0.25) is 0 Å². The molecule has 1 atom stereocenters. The van der Waals surface area contributed by atoms with E-state index in [0.29, 0.717) is 5.92 Å². The largest absolute Gasteiger partial charge is 0.323 e. The Labute approximate surface area is 100 Å². The lowest BCUT2D eigenvalue weighted by molar-refractivity contribution is 0.478. The van der Waals surface area contributed by atoms with Crippen LogP contribution in [0, 0.1) is 5.92 Å². The van der Waals surface area contributed by atoms with Gasteiger partial charge in [0.1, 0.15) is 0 Å². The Morgan fingerprint density at radius 2 is 2.13 bits per heavy atom. The van der Waals surface area contributed by atoms with Gasteiger partial charge in [-0.15, -0.1) is 0 Å². The van der Waals surface area contributed by atoms with Crippen LogP contribution in [0.3, 0.4) is 0 Å². The second-order valence-corrected chi connectivity index (χ2v) is 5.13. The van der Waals surface area contributed by atoms with Crippen LogP contribution < -0.4 is 5.73 Å². The van der Waals surface area contributed by atoms with E-state index in [2.05, 4.69) is 41.8 Å². The quantitative estimate of drug-likeness (QED) is 0.896. The number of rotatable bonds is 5. The minimum Gasteiger partial charge on any atom is -0.323 e. The maximum absolute atomic E-state index is 6.17. The van der Waals surface area contributed by atoms with E-state index in [4.69, 9.17) is 5.73 Å². The Morgan fingerprint density at radius 1 is 1.47 bits per heavy atom. The fourth-order valence-corrected chi connectivity index (χ4v) is 2.23. The molecule has 86 valence electrons. The molecule has 0 radical (unpaired) electrons. The molecule has 0 aliphatic carbocycles. The highest BCUT2D eigenvalue weighted by atomic mass is 79.9. The first-order valence-electron chi connectivity index (χ1n) is 5.53. The van der Waals surface area contributed by atoms with Gasteiger partial charge >= 0.3 is 0 Å². The van der Waals surface area contributed by atoms with E-state index in [1.54, 1.807) is 0 Å². The first-order valence-corrected chi connectivity index (χ1v) is 6.32. The van der Waals surface area contributed by atoms with Crippen molar-refractivity contribution in [2.75, 3.05) is 0 Å². The molecule has 0 saturated carbocycles. The number of hydrogen-bond acceptors (Lipinski definition) is 2. The highest BCUT2D eigenvalue weighted by Crippen LogP contribution is 2.25. The Hall–Kier alpha value is -0.350. The monoisotopic (exact) mass is 273 g/mol. The third kappa shape index (κ3) is 3.31. The maximum Gasteiger partial charge on any atom is 0.0693 e. The zero-order valence-electron chi connectivity index (χ0n) is 9.70. The van der Waals surface area contributed by atoms with Crippen LogP contribution in [0.2, 0.25) is 0 Å². The Bertz CT molecular complexity index is 307. The van der Waals surface area contributed by atoms with Crippen molar-refractivity contribution in [3.8, 4) is 0 Å². The maximum atomic E-state index is 6.17. The third-order valence-corrected chi connectivity index (χ3v) is 3.15. The number of nitrogens with zero attached hydrogens (tertiary/aromatic N) is 2. The summed E-state index contributed by atoms with van der Waals surface area (Å²) in [6.07, 6.45) is 4.00. The van der Waals surface area contributed by atoms with Gasteiger partial charge in [0, 0.05) is 12.6 Å². The average Bonchev–Trinajstić information content (AvgIpc) is 2.56. The topological polar surface area (TPSA) is 43.8 Å². The van der Waals surface area contributed by atoms with Gasteiger partial charge in [-0.2, -0.15) is 5.10 Å². The standard InChI is InChI=1S/C11H20BrN3/c1-4-15-11(9(12)7-14-15)10(13)6-5-8(2)3/h7-8,10H,4-6,13H2,1-3H3. The number of aromatic nitrogens is 2. The summed E-state index contributed by atoms with van der Waals surface area (Å²) in [6, 6.07) is 0.0872. The molecular formula is C11H20BrN3. The fraction of sp³-hybridized carbons (Fsp3) is 0.727. The Kier molecular flexibility index (Phi) is 4.80. The van der Waals surface area contributed by atoms with Gasteiger partial charge in [-0.1, -0.05) is 13.8 Å². The molecular weight excluding hydrogens is 254 g/mol. The Morgan fingerprint density at radius 3 is 2.67 bits per heavy atom. The molecule has 1 rings (SSSR count). The molecule has 1 aromatic rings. The molecule has 1 aromatic heterocycles. The Balaban J connectivity index is 2.71. The van der Waals surface area contributed by atoms with E-state index in [1.807, 2.05) is 10.9 Å². The van der Waals surface area contributed by atoms with Crippen molar-refractivity contribution >= 4 is 15.9 Å². The fourth-order valence-electron chi connectivity index (χ4n) is 1.64. The van der Waals surface area contributed by atoms with E-state index in [0.717, 1.165) is 29.6 Å². The number of aryl methyl sites for hydroxylation is 1. The van der Waals surface area contributed by atoms with Crippen molar-refractivity contribution in [3.63, 3.8) is 0 Å². The first-order chi connectivity index (χ1) is 7.06. The zero-order chi connectivity index (χ0) is 11.4. The predicted molar refractivity (Wildman–Crippen MR) is 66.6 cm³/mol. The molecule has 0 amide bonds. The third-order valence-electron chi connectivity index (χ3n) is 2.54. The van der Waals surface area contributed by atoms with Gasteiger partial charge in [-0.3, -0.25) is 4.68 Å². The van der Waals surface area contributed by atoms with Crippen LogP contribution >= 0.6 is 15.9 Å². The summed E-state index contributed by atoms with van der Waals surface area (Å²) in [5, 5.41) is 4.27. The van der Waals surface area contributed by atoms with Crippen LogP contribution in [0.25, 0.3) is 0 Å². The summed E-state index contributed by atoms with van der Waals surface area (Å²) in [5.74, 6) is 0.702. The van der Waals surface area contributed by atoms with Crippen molar-refractivity contribution in [3.05, 3.63) is 16.4 Å². The van der Waals surface area contributed by atoms with E-state index in [-0.39, 0.29) is 6.04 Å². The van der Waals surface area contributed by atoms with Gasteiger partial charge in [0.05, 0.1) is 16.4 Å². The van der Waals surface area contributed by atoms with Crippen LogP contribution in [-0.2, 0) is 6.54 Å². The molecule has 1 unspecified atom stereocenters. The summed E-state index contributed by atoms with van der Waals surface area (Å²) >= 11 is 3.50. The van der Waals surface area contributed by atoms with Crippen LogP contribution in [0.15, 0.2) is 10.7 Å². The minimum absolute atomic E-state index is 0.0872. The SMILES string of the molecule is CCn1ncc(Br)c1C(N)CCC(C)C. The van der Waals surface area contributed by atoms with Crippen molar-refractivity contribution < 1.29 is 0 Å².